The molecular weight excluding hydrogens is 244 g/mol. The van der Waals surface area contributed by atoms with E-state index in [1.807, 2.05) is 31.2 Å². The third-order valence-corrected chi connectivity index (χ3v) is 3.01. The normalized spacial score (nSPS) is 13.8. The Morgan fingerprint density at radius 2 is 2.05 bits per heavy atom. The standard InChI is InChI=1S/C14H22N2O3/c1-10(16-9-13(17)14(15)18)3-4-11-5-7-12(19-2)8-6-11/h5-8,10,13,16-17H,3-4,9H2,1-2H3,(H2,15,18). The predicted molar refractivity (Wildman–Crippen MR) is 74.0 cm³/mol. The second-order valence-electron chi connectivity index (χ2n) is 4.61. The van der Waals surface area contributed by atoms with E-state index in [1.165, 1.54) is 5.56 Å². The smallest absolute Gasteiger partial charge is 0.247 e. The number of aliphatic hydroxyl groups is 1. The number of rotatable bonds is 8. The molecule has 0 aliphatic rings. The molecule has 5 heteroatoms. The first-order valence-electron chi connectivity index (χ1n) is 6.36. The summed E-state index contributed by atoms with van der Waals surface area (Å²) in [5.74, 6) is 0.148. The molecule has 106 valence electrons. The molecule has 1 rings (SSSR count). The molecule has 1 amide bonds. The fourth-order valence-corrected chi connectivity index (χ4v) is 1.69. The van der Waals surface area contributed by atoms with Crippen molar-refractivity contribution < 1.29 is 14.6 Å². The van der Waals surface area contributed by atoms with Crippen molar-refractivity contribution in [2.75, 3.05) is 13.7 Å². The zero-order valence-corrected chi connectivity index (χ0v) is 11.4. The maximum absolute atomic E-state index is 10.7. The number of carbonyl (C=O) groups excluding carboxylic acids is 1. The molecule has 19 heavy (non-hydrogen) atoms. The van der Waals surface area contributed by atoms with Crippen LogP contribution in [0.15, 0.2) is 24.3 Å². The lowest BCUT2D eigenvalue weighted by atomic mass is 10.1. The second kappa shape index (κ2) is 7.76. The Hall–Kier alpha value is -1.59. The maximum Gasteiger partial charge on any atom is 0.247 e. The van der Waals surface area contributed by atoms with E-state index in [0.717, 1.165) is 18.6 Å². The number of hydrogen-bond acceptors (Lipinski definition) is 4. The average molecular weight is 266 g/mol. The van der Waals surface area contributed by atoms with Crippen molar-refractivity contribution in [2.24, 2.45) is 5.73 Å². The molecule has 2 atom stereocenters. The van der Waals surface area contributed by atoms with Gasteiger partial charge in [0, 0.05) is 12.6 Å². The van der Waals surface area contributed by atoms with E-state index in [1.54, 1.807) is 7.11 Å². The molecule has 0 spiro atoms. The summed E-state index contributed by atoms with van der Waals surface area (Å²) in [5, 5.41) is 12.3. The topological polar surface area (TPSA) is 84.6 Å². The Balaban J connectivity index is 2.29. The van der Waals surface area contributed by atoms with E-state index < -0.39 is 12.0 Å². The summed E-state index contributed by atoms with van der Waals surface area (Å²) < 4.78 is 5.10. The zero-order chi connectivity index (χ0) is 14.3. The van der Waals surface area contributed by atoms with Crippen molar-refractivity contribution in [1.29, 1.82) is 0 Å². The minimum atomic E-state index is -1.12. The molecule has 1 aromatic rings. The van der Waals surface area contributed by atoms with E-state index in [0.29, 0.717) is 0 Å². The largest absolute Gasteiger partial charge is 0.497 e. The lowest BCUT2D eigenvalue weighted by molar-refractivity contribution is -0.125. The van der Waals surface area contributed by atoms with E-state index in [-0.39, 0.29) is 12.6 Å². The quantitative estimate of drug-likeness (QED) is 0.638. The predicted octanol–water partition coefficient (Wildman–Crippen LogP) is 0.452. The number of nitrogens with two attached hydrogens (primary N) is 1. The molecular formula is C14H22N2O3. The highest BCUT2D eigenvalue weighted by molar-refractivity contribution is 5.78. The number of ether oxygens (including phenoxy) is 1. The van der Waals surface area contributed by atoms with Crippen LogP contribution in [0, 0.1) is 0 Å². The molecule has 5 nitrogen and oxygen atoms in total. The highest BCUT2D eigenvalue weighted by atomic mass is 16.5. The van der Waals surface area contributed by atoms with E-state index in [9.17, 15) is 9.90 Å². The number of primary amides is 1. The summed E-state index contributed by atoms with van der Waals surface area (Å²) in [7, 11) is 1.64. The first-order chi connectivity index (χ1) is 9.02. The van der Waals surface area contributed by atoms with Crippen LogP contribution >= 0.6 is 0 Å². The van der Waals surface area contributed by atoms with E-state index in [4.69, 9.17) is 10.5 Å². The van der Waals surface area contributed by atoms with Gasteiger partial charge in [-0.15, -0.1) is 0 Å². The van der Waals surface area contributed by atoms with Crippen molar-refractivity contribution >= 4 is 5.91 Å². The fourth-order valence-electron chi connectivity index (χ4n) is 1.69. The van der Waals surface area contributed by atoms with Crippen molar-refractivity contribution in [3.63, 3.8) is 0 Å². The molecule has 1 aromatic carbocycles. The van der Waals surface area contributed by atoms with Gasteiger partial charge in [-0.3, -0.25) is 4.79 Å². The summed E-state index contributed by atoms with van der Waals surface area (Å²) in [6, 6.07) is 8.14. The summed E-state index contributed by atoms with van der Waals surface area (Å²) >= 11 is 0. The van der Waals surface area contributed by atoms with Crippen molar-refractivity contribution in [3.8, 4) is 5.75 Å². The van der Waals surface area contributed by atoms with Gasteiger partial charge in [0.2, 0.25) is 5.91 Å². The molecule has 4 N–H and O–H groups in total. The van der Waals surface area contributed by atoms with Gasteiger partial charge in [-0.1, -0.05) is 12.1 Å². The molecule has 0 aliphatic carbocycles. The average Bonchev–Trinajstić information content (AvgIpc) is 2.42. The number of carbonyl (C=O) groups is 1. The van der Waals surface area contributed by atoms with E-state index >= 15 is 0 Å². The third-order valence-electron chi connectivity index (χ3n) is 3.01. The van der Waals surface area contributed by atoms with Crippen molar-refractivity contribution in [2.45, 2.75) is 31.9 Å². The van der Waals surface area contributed by atoms with Gasteiger partial charge >= 0.3 is 0 Å². The van der Waals surface area contributed by atoms with Crippen LogP contribution in [0.1, 0.15) is 18.9 Å². The van der Waals surface area contributed by atoms with Crippen molar-refractivity contribution in [1.82, 2.24) is 5.32 Å². The number of hydrogen-bond donors (Lipinski definition) is 3. The lowest BCUT2D eigenvalue weighted by Gasteiger charge is -2.15. The first-order valence-corrected chi connectivity index (χ1v) is 6.36. The van der Waals surface area contributed by atoms with Gasteiger partial charge in [0.05, 0.1) is 7.11 Å². The summed E-state index contributed by atoms with van der Waals surface area (Å²) in [4.78, 5) is 10.7. The second-order valence-corrected chi connectivity index (χ2v) is 4.61. The first kappa shape index (κ1) is 15.5. The highest BCUT2D eigenvalue weighted by Gasteiger charge is 2.11. The third kappa shape index (κ3) is 5.72. The fraction of sp³-hybridized carbons (Fsp3) is 0.500. The molecule has 0 bridgehead atoms. The van der Waals surface area contributed by atoms with Crippen LogP contribution in [0.5, 0.6) is 5.75 Å². The van der Waals surface area contributed by atoms with Gasteiger partial charge < -0.3 is 20.9 Å². The van der Waals surface area contributed by atoms with Gasteiger partial charge in [-0.2, -0.15) is 0 Å². The zero-order valence-electron chi connectivity index (χ0n) is 11.4. The van der Waals surface area contributed by atoms with Crippen LogP contribution in [0.4, 0.5) is 0 Å². The Bertz CT molecular complexity index is 392. The molecule has 2 unspecified atom stereocenters. The molecule has 0 saturated carbocycles. The van der Waals surface area contributed by atoms with Crippen LogP contribution in [0.25, 0.3) is 0 Å². The van der Waals surface area contributed by atoms with Gasteiger partial charge in [0.25, 0.3) is 0 Å². The summed E-state index contributed by atoms with van der Waals surface area (Å²) in [6.07, 6.45) is 0.714. The summed E-state index contributed by atoms with van der Waals surface area (Å²) in [6.45, 7) is 2.20. The molecule has 0 radical (unpaired) electrons. The number of methoxy groups -OCH3 is 1. The minimum Gasteiger partial charge on any atom is -0.497 e. The monoisotopic (exact) mass is 266 g/mol. The molecule has 0 saturated heterocycles. The number of amides is 1. The summed E-state index contributed by atoms with van der Waals surface area (Å²) in [5.41, 5.74) is 6.20. The van der Waals surface area contributed by atoms with Crippen LogP contribution in [0.3, 0.4) is 0 Å². The number of nitrogens with one attached hydrogen (secondary N) is 1. The molecule has 0 fully saturated rings. The van der Waals surface area contributed by atoms with Crippen LogP contribution in [0.2, 0.25) is 0 Å². The van der Waals surface area contributed by atoms with Crippen LogP contribution in [-0.2, 0) is 11.2 Å². The molecule has 0 aliphatic heterocycles. The van der Waals surface area contributed by atoms with Gasteiger partial charge in [-0.25, -0.2) is 0 Å². The Labute approximate surface area is 113 Å². The van der Waals surface area contributed by atoms with Crippen molar-refractivity contribution in [3.05, 3.63) is 29.8 Å². The number of aliphatic hydroxyl groups excluding tert-OH is 1. The van der Waals surface area contributed by atoms with Gasteiger partial charge in [0.1, 0.15) is 11.9 Å². The highest BCUT2D eigenvalue weighted by Crippen LogP contribution is 2.13. The molecule has 0 heterocycles. The van der Waals surface area contributed by atoms with E-state index in [2.05, 4.69) is 5.32 Å². The van der Waals surface area contributed by atoms with Gasteiger partial charge in [0.15, 0.2) is 0 Å². The Kier molecular flexibility index (Phi) is 6.32. The Morgan fingerprint density at radius 1 is 1.42 bits per heavy atom. The number of aryl methyl sites for hydroxylation is 1. The van der Waals surface area contributed by atoms with Crippen LogP contribution in [-0.4, -0.2) is 36.8 Å². The Morgan fingerprint density at radius 3 is 2.58 bits per heavy atom. The van der Waals surface area contributed by atoms with Crippen LogP contribution < -0.4 is 15.8 Å². The minimum absolute atomic E-state index is 0.194. The maximum atomic E-state index is 10.7. The number of benzene rings is 1. The SMILES string of the molecule is COc1ccc(CCC(C)NCC(O)C(N)=O)cc1. The lowest BCUT2D eigenvalue weighted by Crippen LogP contribution is -2.40. The molecule has 0 aromatic heterocycles. The van der Waals surface area contributed by atoms with Gasteiger partial charge in [-0.05, 0) is 37.5 Å².